The van der Waals surface area contributed by atoms with Crippen molar-refractivity contribution < 1.29 is 5.11 Å². The Labute approximate surface area is 129 Å². The molecule has 2 aromatic carbocycles. The van der Waals surface area contributed by atoms with Gasteiger partial charge in [-0.2, -0.15) is 0 Å². The highest BCUT2D eigenvalue weighted by Crippen LogP contribution is 2.26. The van der Waals surface area contributed by atoms with E-state index in [1.54, 1.807) is 0 Å². The molecule has 22 heavy (non-hydrogen) atoms. The van der Waals surface area contributed by atoms with Gasteiger partial charge in [0.2, 0.25) is 0 Å². The molecule has 4 heteroatoms. The Bertz CT molecular complexity index is 755. The topological polar surface area (TPSA) is 52.1 Å². The molecule has 1 fully saturated rings. The van der Waals surface area contributed by atoms with Crippen LogP contribution in [0.4, 0.5) is 5.69 Å². The highest BCUT2D eigenvalue weighted by molar-refractivity contribution is 5.79. The summed E-state index contributed by atoms with van der Waals surface area (Å²) < 4.78 is 0. The van der Waals surface area contributed by atoms with Crippen molar-refractivity contribution in [2.24, 2.45) is 0 Å². The summed E-state index contributed by atoms with van der Waals surface area (Å²) in [5, 5.41) is 9.65. The molecule has 2 heterocycles. The lowest BCUT2D eigenvalue weighted by atomic mass is 10.1. The molecule has 1 saturated heterocycles. The molecule has 0 amide bonds. The van der Waals surface area contributed by atoms with E-state index in [0.717, 1.165) is 48.4 Å². The van der Waals surface area contributed by atoms with Crippen molar-refractivity contribution >= 4 is 16.7 Å². The van der Waals surface area contributed by atoms with E-state index < -0.39 is 0 Å². The fourth-order valence-electron chi connectivity index (χ4n) is 3.06. The summed E-state index contributed by atoms with van der Waals surface area (Å²) in [5.41, 5.74) is 4.35. The van der Waals surface area contributed by atoms with E-state index in [1.165, 1.54) is 5.69 Å². The first-order chi connectivity index (χ1) is 10.8. The number of aliphatic hydroxyl groups is 1. The van der Waals surface area contributed by atoms with Crippen LogP contribution in [0.15, 0.2) is 48.5 Å². The number of imidazole rings is 1. The molecule has 0 saturated carbocycles. The van der Waals surface area contributed by atoms with Crippen molar-refractivity contribution in [2.45, 2.75) is 18.9 Å². The van der Waals surface area contributed by atoms with Gasteiger partial charge in [-0.1, -0.05) is 24.3 Å². The van der Waals surface area contributed by atoms with Gasteiger partial charge in [0.05, 0.1) is 17.1 Å². The largest absolute Gasteiger partial charge is 0.393 e. The standard InChI is InChI=1S/C18H19N3O/c22-15-8-10-21(11-9-15)14-5-3-4-13(12-14)18-19-16-6-1-2-7-17(16)20-18/h1-7,12,15,22H,8-11H2,(H,19,20). The van der Waals surface area contributed by atoms with Gasteiger partial charge in [-0.25, -0.2) is 4.98 Å². The zero-order chi connectivity index (χ0) is 14.9. The Kier molecular flexibility index (Phi) is 3.31. The number of aromatic amines is 1. The van der Waals surface area contributed by atoms with Crippen molar-refractivity contribution in [3.63, 3.8) is 0 Å². The SMILES string of the molecule is OC1CCN(c2cccc(-c3nc4ccccc4[nH]3)c2)CC1. The van der Waals surface area contributed by atoms with Crippen LogP contribution >= 0.6 is 0 Å². The van der Waals surface area contributed by atoms with E-state index in [9.17, 15) is 5.11 Å². The molecule has 0 bridgehead atoms. The third-order valence-electron chi connectivity index (χ3n) is 4.34. The number of aromatic nitrogens is 2. The van der Waals surface area contributed by atoms with Crippen molar-refractivity contribution in [1.29, 1.82) is 0 Å². The number of anilines is 1. The Morgan fingerprint density at radius 2 is 1.86 bits per heavy atom. The summed E-state index contributed by atoms with van der Waals surface area (Å²) in [7, 11) is 0. The number of fused-ring (bicyclic) bond motifs is 1. The lowest BCUT2D eigenvalue weighted by Gasteiger charge is -2.31. The van der Waals surface area contributed by atoms with E-state index in [2.05, 4.69) is 39.1 Å². The molecule has 0 unspecified atom stereocenters. The van der Waals surface area contributed by atoms with Crippen LogP contribution < -0.4 is 4.90 Å². The van der Waals surface area contributed by atoms with E-state index in [4.69, 9.17) is 0 Å². The number of nitrogens with one attached hydrogen (secondary N) is 1. The minimum atomic E-state index is -0.144. The van der Waals surface area contributed by atoms with E-state index >= 15 is 0 Å². The molecule has 1 aliphatic rings. The van der Waals surface area contributed by atoms with Gasteiger partial charge in [0.15, 0.2) is 0 Å². The number of para-hydroxylation sites is 2. The molecule has 3 aromatic rings. The maximum absolute atomic E-state index is 9.65. The van der Waals surface area contributed by atoms with Crippen molar-refractivity contribution in [2.75, 3.05) is 18.0 Å². The predicted octanol–water partition coefficient (Wildman–Crippen LogP) is 3.19. The zero-order valence-corrected chi connectivity index (χ0v) is 12.4. The summed E-state index contributed by atoms with van der Waals surface area (Å²) in [6.07, 6.45) is 1.54. The molecule has 2 N–H and O–H groups in total. The predicted molar refractivity (Wildman–Crippen MR) is 89.0 cm³/mol. The van der Waals surface area contributed by atoms with Gasteiger partial charge in [0, 0.05) is 24.3 Å². The second-order valence-electron chi connectivity index (χ2n) is 5.87. The lowest BCUT2D eigenvalue weighted by molar-refractivity contribution is 0.145. The number of H-pyrrole nitrogens is 1. The third kappa shape index (κ3) is 2.46. The van der Waals surface area contributed by atoms with Crippen LogP contribution in [0.3, 0.4) is 0 Å². The maximum atomic E-state index is 9.65. The number of nitrogens with zero attached hydrogens (tertiary/aromatic N) is 2. The minimum absolute atomic E-state index is 0.144. The van der Waals surface area contributed by atoms with Crippen LogP contribution in [0, 0.1) is 0 Å². The highest BCUT2D eigenvalue weighted by atomic mass is 16.3. The van der Waals surface area contributed by atoms with Gasteiger partial charge in [-0.05, 0) is 37.1 Å². The second kappa shape index (κ2) is 5.46. The molecule has 4 rings (SSSR count). The molecular formula is C18H19N3O. The molecule has 0 radical (unpaired) electrons. The fraction of sp³-hybridized carbons (Fsp3) is 0.278. The highest BCUT2D eigenvalue weighted by Gasteiger charge is 2.17. The van der Waals surface area contributed by atoms with Gasteiger partial charge in [-0.3, -0.25) is 0 Å². The smallest absolute Gasteiger partial charge is 0.138 e. The number of aliphatic hydroxyl groups excluding tert-OH is 1. The summed E-state index contributed by atoms with van der Waals surface area (Å²) in [6, 6.07) is 16.5. The van der Waals surface area contributed by atoms with E-state index in [-0.39, 0.29) is 6.10 Å². The van der Waals surface area contributed by atoms with Crippen LogP contribution in [0.1, 0.15) is 12.8 Å². The average molecular weight is 293 g/mol. The molecule has 112 valence electrons. The first kappa shape index (κ1) is 13.3. The molecule has 0 atom stereocenters. The lowest BCUT2D eigenvalue weighted by Crippen LogP contribution is -2.35. The van der Waals surface area contributed by atoms with Gasteiger partial charge >= 0.3 is 0 Å². The van der Waals surface area contributed by atoms with E-state index in [0.29, 0.717) is 0 Å². The number of benzene rings is 2. The molecule has 1 aromatic heterocycles. The quantitative estimate of drug-likeness (QED) is 0.763. The Hall–Kier alpha value is -2.33. The summed E-state index contributed by atoms with van der Waals surface area (Å²) in [5.74, 6) is 0.903. The van der Waals surface area contributed by atoms with Crippen LogP contribution in [-0.4, -0.2) is 34.3 Å². The second-order valence-corrected chi connectivity index (χ2v) is 5.87. The van der Waals surface area contributed by atoms with Crippen LogP contribution in [-0.2, 0) is 0 Å². The van der Waals surface area contributed by atoms with E-state index in [1.807, 2.05) is 24.3 Å². The van der Waals surface area contributed by atoms with Gasteiger partial charge < -0.3 is 15.0 Å². The molecule has 0 aliphatic carbocycles. The number of piperidine rings is 1. The van der Waals surface area contributed by atoms with Crippen molar-refractivity contribution in [3.8, 4) is 11.4 Å². The first-order valence-corrected chi connectivity index (χ1v) is 7.78. The summed E-state index contributed by atoms with van der Waals surface area (Å²) in [6.45, 7) is 1.81. The Morgan fingerprint density at radius 3 is 2.68 bits per heavy atom. The number of hydrogen-bond donors (Lipinski definition) is 2. The van der Waals surface area contributed by atoms with Crippen LogP contribution in [0.25, 0.3) is 22.4 Å². The molecule has 0 spiro atoms. The Balaban J connectivity index is 1.66. The Morgan fingerprint density at radius 1 is 1.05 bits per heavy atom. The molecule has 4 nitrogen and oxygen atoms in total. The van der Waals surface area contributed by atoms with Gasteiger partial charge in [0.25, 0.3) is 0 Å². The van der Waals surface area contributed by atoms with Gasteiger partial charge in [-0.15, -0.1) is 0 Å². The van der Waals surface area contributed by atoms with Crippen molar-refractivity contribution in [3.05, 3.63) is 48.5 Å². The van der Waals surface area contributed by atoms with Crippen molar-refractivity contribution in [1.82, 2.24) is 9.97 Å². The monoisotopic (exact) mass is 293 g/mol. The normalized spacial score (nSPS) is 16.3. The number of hydrogen-bond acceptors (Lipinski definition) is 3. The average Bonchev–Trinajstić information content (AvgIpc) is 3.00. The van der Waals surface area contributed by atoms with Crippen LogP contribution in [0.5, 0.6) is 0 Å². The zero-order valence-electron chi connectivity index (χ0n) is 12.4. The molecular weight excluding hydrogens is 274 g/mol. The van der Waals surface area contributed by atoms with Gasteiger partial charge in [0.1, 0.15) is 5.82 Å². The first-order valence-electron chi connectivity index (χ1n) is 7.78. The number of rotatable bonds is 2. The minimum Gasteiger partial charge on any atom is -0.393 e. The molecule has 1 aliphatic heterocycles. The maximum Gasteiger partial charge on any atom is 0.138 e. The third-order valence-corrected chi connectivity index (χ3v) is 4.34. The summed E-state index contributed by atoms with van der Waals surface area (Å²) >= 11 is 0. The summed E-state index contributed by atoms with van der Waals surface area (Å²) in [4.78, 5) is 10.4. The van der Waals surface area contributed by atoms with Crippen LogP contribution in [0.2, 0.25) is 0 Å². The fourth-order valence-corrected chi connectivity index (χ4v) is 3.06.